The van der Waals surface area contributed by atoms with E-state index in [9.17, 15) is 0 Å². The molecule has 1 saturated heterocycles. The molecule has 0 spiro atoms. The number of hydrogen-bond donors (Lipinski definition) is 1. The molecule has 0 aliphatic carbocycles. The van der Waals surface area contributed by atoms with E-state index in [1.54, 1.807) is 6.20 Å². The van der Waals surface area contributed by atoms with Gasteiger partial charge in [-0.15, -0.1) is 0 Å². The quantitative estimate of drug-likeness (QED) is 0.878. The summed E-state index contributed by atoms with van der Waals surface area (Å²) in [6.45, 7) is 8.81. The normalized spacial score (nSPS) is 16.8. The van der Waals surface area contributed by atoms with E-state index in [1.807, 2.05) is 24.3 Å². The average Bonchev–Trinajstić information content (AvgIpc) is 2.67. The number of aryl methyl sites for hydroxylation is 1. The fourth-order valence-corrected chi connectivity index (χ4v) is 2.78. The Balaban J connectivity index is 1.70. The van der Waals surface area contributed by atoms with Crippen molar-refractivity contribution in [1.29, 1.82) is 0 Å². The molecule has 3 rings (SSSR count). The Labute approximate surface area is 143 Å². The monoisotopic (exact) mass is 327 g/mol. The first-order chi connectivity index (χ1) is 11.8. The van der Waals surface area contributed by atoms with Gasteiger partial charge in [0.05, 0.1) is 13.2 Å². The molecule has 0 saturated carbocycles. The molecule has 1 aliphatic heterocycles. The molecular formula is C18H25N5O. The molecule has 1 atom stereocenters. The van der Waals surface area contributed by atoms with Crippen LogP contribution in [-0.2, 0) is 11.2 Å². The maximum atomic E-state index is 5.42. The van der Waals surface area contributed by atoms with E-state index >= 15 is 0 Å². The molecule has 1 fully saturated rings. The van der Waals surface area contributed by atoms with Gasteiger partial charge in [0.15, 0.2) is 5.82 Å². The van der Waals surface area contributed by atoms with Crippen molar-refractivity contribution in [3.05, 3.63) is 36.2 Å². The van der Waals surface area contributed by atoms with Crippen LogP contribution >= 0.6 is 0 Å². The van der Waals surface area contributed by atoms with Crippen LogP contribution in [0.3, 0.4) is 0 Å². The molecule has 1 unspecified atom stereocenters. The molecule has 1 aliphatic rings. The molecule has 2 aromatic heterocycles. The molecule has 6 heteroatoms. The summed E-state index contributed by atoms with van der Waals surface area (Å²) in [4.78, 5) is 16.0. The lowest BCUT2D eigenvalue weighted by Gasteiger charge is -2.32. The number of aromatic nitrogens is 3. The van der Waals surface area contributed by atoms with Crippen molar-refractivity contribution in [3.8, 4) is 11.5 Å². The highest BCUT2D eigenvalue weighted by Crippen LogP contribution is 2.16. The van der Waals surface area contributed by atoms with Crippen molar-refractivity contribution in [2.24, 2.45) is 0 Å². The van der Waals surface area contributed by atoms with Crippen LogP contribution in [0.25, 0.3) is 11.5 Å². The summed E-state index contributed by atoms with van der Waals surface area (Å²) in [6.07, 6.45) is 2.64. The first-order valence-corrected chi connectivity index (χ1v) is 8.61. The van der Waals surface area contributed by atoms with E-state index in [0.29, 0.717) is 11.9 Å². The zero-order chi connectivity index (χ0) is 16.8. The fraction of sp³-hybridized carbons (Fsp3) is 0.500. The van der Waals surface area contributed by atoms with Crippen molar-refractivity contribution < 1.29 is 4.74 Å². The predicted molar refractivity (Wildman–Crippen MR) is 95.0 cm³/mol. The largest absolute Gasteiger partial charge is 0.379 e. The molecule has 1 N–H and O–H groups in total. The fourth-order valence-electron chi connectivity index (χ4n) is 2.78. The summed E-state index contributed by atoms with van der Waals surface area (Å²) in [6, 6.07) is 8.26. The number of rotatable bonds is 6. The lowest BCUT2D eigenvalue weighted by molar-refractivity contribution is 0.0227. The van der Waals surface area contributed by atoms with Crippen molar-refractivity contribution in [1.82, 2.24) is 19.9 Å². The first kappa shape index (κ1) is 16.8. The SMILES string of the molecule is CCc1cc(NCC(C)N2CCOCC2)nc(-c2ccccn2)n1. The van der Waals surface area contributed by atoms with Gasteiger partial charge in [-0.2, -0.15) is 0 Å². The summed E-state index contributed by atoms with van der Waals surface area (Å²) >= 11 is 0. The number of pyridine rings is 1. The van der Waals surface area contributed by atoms with Crippen LogP contribution < -0.4 is 5.32 Å². The van der Waals surface area contributed by atoms with E-state index in [-0.39, 0.29) is 0 Å². The molecular weight excluding hydrogens is 302 g/mol. The van der Waals surface area contributed by atoms with E-state index in [0.717, 1.165) is 56.5 Å². The number of nitrogens with zero attached hydrogens (tertiary/aromatic N) is 4. The Hall–Kier alpha value is -2.05. The molecule has 24 heavy (non-hydrogen) atoms. The van der Waals surface area contributed by atoms with Gasteiger partial charge in [0.1, 0.15) is 11.5 Å². The predicted octanol–water partition coefficient (Wildman–Crippen LogP) is 2.23. The molecule has 3 heterocycles. The number of anilines is 1. The minimum Gasteiger partial charge on any atom is -0.379 e. The summed E-state index contributed by atoms with van der Waals surface area (Å²) < 4.78 is 5.42. The molecule has 128 valence electrons. The number of morpholine rings is 1. The first-order valence-electron chi connectivity index (χ1n) is 8.61. The summed E-state index contributed by atoms with van der Waals surface area (Å²) in [5.41, 5.74) is 1.82. The van der Waals surface area contributed by atoms with Gasteiger partial charge in [-0.25, -0.2) is 9.97 Å². The van der Waals surface area contributed by atoms with E-state index in [1.165, 1.54) is 0 Å². The van der Waals surface area contributed by atoms with Gasteiger partial charge in [0.2, 0.25) is 0 Å². The summed E-state index contributed by atoms with van der Waals surface area (Å²) in [5.74, 6) is 1.54. The highest BCUT2D eigenvalue weighted by atomic mass is 16.5. The topological polar surface area (TPSA) is 63.2 Å². The Morgan fingerprint density at radius 1 is 1.25 bits per heavy atom. The smallest absolute Gasteiger partial charge is 0.180 e. The minimum atomic E-state index is 0.437. The third-order valence-corrected chi connectivity index (χ3v) is 4.28. The van der Waals surface area contributed by atoms with Crippen LogP contribution in [0.4, 0.5) is 5.82 Å². The third kappa shape index (κ3) is 4.27. The van der Waals surface area contributed by atoms with Gasteiger partial charge in [0.25, 0.3) is 0 Å². The third-order valence-electron chi connectivity index (χ3n) is 4.28. The molecule has 0 aromatic carbocycles. The zero-order valence-corrected chi connectivity index (χ0v) is 14.4. The molecule has 0 amide bonds. The standard InChI is InChI=1S/C18H25N5O/c1-3-15-12-17(20-13-14(2)23-8-10-24-11-9-23)22-18(21-15)16-6-4-5-7-19-16/h4-7,12,14H,3,8-11,13H2,1-2H3,(H,20,21,22). The van der Waals surface area contributed by atoms with Crippen LogP contribution in [0, 0.1) is 0 Å². The highest BCUT2D eigenvalue weighted by molar-refractivity contribution is 5.52. The number of nitrogens with one attached hydrogen (secondary N) is 1. The maximum absolute atomic E-state index is 5.42. The van der Waals surface area contributed by atoms with Crippen molar-refractivity contribution in [2.45, 2.75) is 26.3 Å². The molecule has 6 nitrogen and oxygen atoms in total. The molecule has 2 aromatic rings. The lowest BCUT2D eigenvalue weighted by Crippen LogP contribution is -2.45. The van der Waals surface area contributed by atoms with Gasteiger partial charge in [-0.3, -0.25) is 9.88 Å². The van der Waals surface area contributed by atoms with Gasteiger partial charge < -0.3 is 10.1 Å². The van der Waals surface area contributed by atoms with Crippen LogP contribution in [0.15, 0.2) is 30.5 Å². The van der Waals surface area contributed by atoms with Crippen molar-refractivity contribution >= 4 is 5.82 Å². The van der Waals surface area contributed by atoms with Crippen molar-refractivity contribution in [2.75, 3.05) is 38.2 Å². The van der Waals surface area contributed by atoms with Gasteiger partial charge in [-0.1, -0.05) is 13.0 Å². The number of hydrogen-bond acceptors (Lipinski definition) is 6. The average molecular weight is 327 g/mol. The lowest BCUT2D eigenvalue weighted by atomic mass is 10.2. The van der Waals surface area contributed by atoms with Crippen molar-refractivity contribution in [3.63, 3.8) is 0 Å². The van der Waals surface area contributed by atoms with Crippen LogP contribution in [-0.4, -0.2) is 58.7 Å². The van der Waals surface area contributed by atoms with Crippen LogP contribution in [0.5, 0.6) is 0 Å². The summed E-state index contributed by atoms with van der Waals surface area (Å²) in [5, 5.41) is 3.47. The Morgan fingerprint density at radius 3 is 2.79 bits per heavy atom. The maximum Gasteiger partial charge on any atom is 0.180 e. The molecule has 0 bridgehead atoms. The van der Waals surface area contributed by atoms with Crippen LogP contribution in [0.1, 0.15) is 19.5 Å². The van der Waals surface area contributed by atoms with Gasteiger partial charge >= 0.3 is 0 Å². The second-order valence-corrected chi connectivity index (χ2v) is 6.01. The zero-order valence-electron chi connectivity index (χ0n) is 14.4. The highest BCUT2D eigenvalue weighted by Gasteiger charge is 2.17. The Morgan fingerprint density at radius 2 is 2.08 bits per heavy atom. The van der Waals surface area contributed by atoms with E-state index in [2.05, 4.69) is 39.0 Å². The Bertz CT molecular complexity index is 643. The van der Waals surface area contributed by atoms with Crippen LogP contribution in [0.2, 0.25) is 0 Å². The summed E-state index contributed by atoms with van der Waals surface area (Å²) in [7, 11) is 0. The van der Waals surface area contributed by atoms with E-state index < -0.39 is 0 Å². The Kier molecular flexibility index (Phi) is 5.72. The minimum absolute atomic E-state index is 0.437. The molecule has 0 radical (unpaired) electrons. The van der Waals surface area contributed by atoms with Gasteiger partial charge in [-0.05, 0) is 25.5 Å². The number of ether oxygens (including phenoxy) is 1. The second kappa shape index (κ2) is 8.17. The van der Waals surface area contributed by atoms with E-state index in [4.69, 9.17) is 4.74 Å². The second-order valence-electron chi connectivity index (χ2n) is 6.01. The van der Waals surface area contributed by atoms with Gasteiger partial charge in [0, 0.05) is 43.6 Å².